The third-order valence-electron chi connectivity index (χ3n) is 24.8. The van der Waals surface area contributed by atoms with Crippen molar-refractivity contribution in [1.29, 1.82) is 0 Å². The van der Waals surface area contributed by atoms with Crippen molar-refractivity contribution in [1.82, 2.24) is 0 Å². The minimum atomic E-state index is -4.68. The molecular formula is C90H177F9O9. The highest BCUT2D eigenvalue weighted by Gasteiger charge is 2.68. The molecule has 0 amide bonds. The molecule has 4 saturated carbocycles. The maximum Gasteiger partial charge on any atom is 0.402 e. The minimum Gasteiger partial charge on any atom is -0.481 e. The Labute approximate surface area is 660 Å². The van der Waals surface area contributed by atoms with Gasteiger partial charge in [-0.25, -0.2) is 0 Å². The summed E-state index contributed by atoms with van der Waals surface area (Å²) in [5, 5.41) is 34.0. The van der Waals surface area contributed by atoms with E-state index in [1.54, 1.807) is 34.8 Å². The third kappa shape index (κ3) is 47.2. The Morgan fingerprint density at radius 2 is 0.713 bits per heavy atom. The number of hydrogen-bond donors (Lipinski definition) is 4. The Morgan fingerprint density at radius 1 is 0.398 bits per heavy atom. The fourth-order valence-corrected chi connectivity index (χ4v) is 11.5. The van der Waals surface area contributed by atoms with Gasteiger partial charge in [-0.05, 0) is 163 Å². The molecule has 0 aromatic heterocycles. The summed E-state index contributed by atoms with van der Waals surface area (Å²) in [5.41, 5.74) is -1.20. The van der Waals surface area contributed by atoms with Crippen LogP contribution < -0.4 is 0 Å². The lowest BCUT2D eigenvalue weighted by Crippen LogP contribution is -2.40. The number of carboxylic acid groups (broad SMARTS) is 4. The Hall–Kier alpha value is -2.79. The Balaban J connectivity index is -0.000000208. The van der Waals surface area contributed by atoms with Crippen molar-refractivity contribution in [2.75, 3.05) is 13.7 Å². The van der Waals surface area contributed by atoms with Crippen molar-refractivity contribution < 1.29 is 83.9 Å². The van der Waals surface area contributed by atoms with Gasteiger partial charge in [0, 0.05) is 13.7 Å². The molecule has 4 rings (SSSR count). The van der Waals surface area contributed by atoms with E-state index in [2.05, 4.69) is 208 Å². The molecule has 4 fully saturated rings. The summed E-state index contributed by atoms with van der Waals surface area (Å²) in [6.45, 7) is 96.0. The molecule has 0 aliphatic heterocycles. The molecule has 108 heavy (non-hydrogen) atoms. The largest absolute Gasteiger partial charge is 0.481 e. The normalized spacial score (nSPS) is 18.5. The molecule has 0 aromatic carbocycles. The molecule has 0 unspecified atom stereocenters. The average Bonchev–Trinajstić information content (AvgIpc) is 1.57. The van der Waals surface area contributed by atoms with Crippen LogP contribution in [0.15, 0.2) is 0 Å². The average molecular weight is 1570 g/mol. The fourth-order valence-electron chi connectivity index (χ4n) is 11.5. The van der Waals surface area contributed by atoms with Gasteiger partial charge in [0.05, 0.1) is 16.7 Å². The second-order valence-corrected chi connectivity index (χ2v) is 45.7. The van der Waals surface area contributed by atoms with Crippen molar-refractivity contribution in [2.24, 2.45) is 140 Å². The first-order chi connectivity index (χ1) is 46.5. The highest BCUT2D eigenvalue weighted by Crippen LogP contribution is 2.67. The van der Waals surface area contributed by atoms with Crippen molar-refractivity contribution in [3.05, 3.63) is 0 Å². The van der Waals surface area contributed by atoms with E-state index in [9.17, 15) is 58.7 Å². The molecule has 0 bridgehead atoms. The molecule has 0 aromatic rings. The number of aliphatic carboxylic acids is 4. The summed E-state index contributed by atoms with van der Waals surface area (Å²) in [5.74, 6) is -3.99. The minimum absolute atomic E-state index is 0.0706. The van der Waals surface area contributed by atoms with Gasteiger partial charge in [0.1, 0.15) is 0 Å². The zero-order valence-electron chi connectivity index (χ0n) is 78.8. The van der Waals surface area contributed by atoms with Gasteiger partial charge in [-0.1, -0.05) is 331 Å². The summed E-state index contributed by atoms with van der Waals surface area (Å²) < 4.78 is 115. The summed E-state index contributed by atoms with van der Waals surface area (Å²) in [6.07, 6.45) is -2.45. The van der Waals surface area contributed by atoms with Crippen LogP contribution in [0.5, 0.6) is 0 Å². The zero-order valence-corrected chi connectivity index (χ0v) is 78.8. The van der Waals surface area contributed by atoms with Crippen molar-refractivity contribution in [3.63, 3.8) is 0 Å². The molecule has 0 spiro atoms. The molecule has 4 aliphatic carbocycles. The molecule has 7 atom stereocenters. The van der Waals surface area contributed by atoms with Gasteiger partial charge < -0.3 is 25.2 Å². The number of carboxylic acids is 4. The number of carbonyl (C=O) groups is 4. The highest BCUT2D eigenvalue weighted by molar-refractivity contribution is 5.78. The van der Waals surface area contributed by atoms with Gasteiger partial charge in [0.25, 0.3) is 0 Å². The van der Waals surface area contributed by atoms with Crippen LogP contribution >= 0.6 is 0 Å². The van der Waals surface area contributed by atoms with E-state index < -0.39 is 81.3 Å². The van der Waals surface area contributed by atoms with Crippen LogP contribution in [0.25, 0.3) is 0 Å². The number of ether oxygens (including phenoxy) is 1. The van der Waals surface area contributed by atoms with E-state index in [1.807, 2.05) is 41.5 Å². The van der Waals surface area contributed by atoms with E-state index in [0.717, 1.165) is 55.0 Å². The van der Waals surface area contributed by atoms with Crippen LogP contribution in [-0.2, 0) is 23.9 Å². The molecule has 654 valence electrons. The maximum absolute atomic E-state index is 12.4. The van der Waals surface area contributed by atoms with Gasteiger partial charge in [-0.3, -0.25) is 19.2 Å². The van der Waals surface area contributed by atoms with Crippen molar-refractivity contribution in [3.8, 4) is 0 Å². The molecular weight excluding hydrogens is 1400 g/mol. The molecule has 4 N–H and O–H groups in total. The predicted molar refractivity (Wildman–Crippen MR) is 439 cm³/mol. The number of halogens is 9. The lowest BCUT2D eigenvalue weighted by molar-refractivity contribution is -0.215. The summed E-state index contributed by atoms with van der Waals surface area (Å²) in [7, 11) is 1.75. The van der Waals surface area contributed by atoms with E-state index in [4.69, 9.17) is 25.2 Å². The molecule has 0 saturated heterocycles. The smallest absolute Gasteiger partial charge is 0.402 e. The quantitative estimate of drug-likeness (QED) is 0.165. The number of hydrogen-bond acceptors (Lipinski definition) is 5. The first kappa shape index (κ1) is 118. The van der Waals surface area contributed by atoms with Crippen LogP contribution in [-0.4, -0.2) is 76.5 Å². The molecule has 0 heterocycles. The summed E-state index contributed by atoms with van der Waals surface area (Å²) in [4.78, 5) is 41.6. The molecule has 4 aliphatic rings. The Kier molecular flexibility index (Phi) is 48.0. The van der Waals surface area contributed by atoms with Crippen LogP contribution in [0.4, 0.5) is 39.5 Å². The monoisotopic (exact) mass is 1570 g/mol. The topological polar surface area (TPSA) is 158 Å². The highest BCUT2D eigenvalue weighted by atomic mass is 19.4. The van der Waals surface area contributed by atoms with Crippen LogP contribution in [0.1, 0.15) is 383 Å². The second-order valence-electron chi connectivity index (χ2n) is 45.7. The molecule has 0 radical (unpaired) electrons. The van der Waals surface area contributed by atoms with E-state index >= 15 is 0 Å². The fraction of sp³-hybridized carbons (Fsp3) is 0.956. The standard InChI is InChI=1S/C10H22.2C9H18.C9H20.C8H13F3.C8H14O2.C8H18O.C8H18.2C7H11F3O2.C7H14O2/c1-8(9(2,3)4)10(5,6)7;1-8(2,3)9(4)6-5-7-9;1-7(8-5-6-8)9(2,3)4;1-7(2)8(3)9(4,5)6;1-6(2,3)7(4-5-7)8(9,10)11;1-7(2,3)8(4-5-8)6(9)10;1-7(6-9-5)8(2,3)4;1-6-7(2)8(3,4)5;2*1-6(2,3)4(5(11)12)7(8,9)10;1-5(6(8)9)7(2,3)4/h8H,1-7H3;5-7H2,1-4H3;7-8H,5-6H2,1-4H3;7-8H,1-6H3;4-5H2,1-3H3;4-5H2,1-3H3,(H,9,10);7H,6H2,1-5H3;7H,6H2,1-5H3;2*4H,1-3H3,(H,11,12);5H,1-4H3,(H,8,9)/t;;7-;8-;;;2*7-;2*4-;5-/m..11..11101/s1. The molecule has 9 nitrogen and oxygen atoms in total. The Morgan fingerprint density at radius 3 is 0.731 bits per heavy atom. The first-order valence-corrected chi connectivity index (χ1v) is 40.1. The second kappa shape index (κ2) is 43.8. The number of alkyl halides is 9. The van der Waals surface area contributed by atoms with Gasteiger partial charge in [0.15, 0.2) is 11.8 Å². The van der Waals surface area contributed by atoms with Crippen LogP contribution in [0.3, 0.4) is 0 Å². The predicted octanol–water partition coefficient (Wildman–Crippen LogP) is 30.4. The summed E-state index contributed by atoms with van der Waals surface area (Å²) >= 11 is 0. The third-order valence-corrected chi connectivity index (χ3v) is 24.8. The van der Waals surface area contributed by atoms with Gasteiger partial charge in [-0.15, -0.1) is 0 Å². The SMILES string of the molecule is CC(C(C)(C)C)C(C)(C)C.CC(C)(C)C1(C(=O)O)CC1.CC(C)(C)C1(C(F)(F)F)CC1.CC(C)(C)C1(C)CCC1.CC(C)(C)[C@@H](C(=O)O)C(F)(F)F.CC(C)(C)[C@H](C(=O)O)C(F)(F)F.CC(C)[C@@H](C)C(C)(C)C.CC[C@@H](C)C(C)(C)C.COC[C@@H](C)C(C)(C)C.C[C@H](C(=O)O)C(C)(C)C.C[C@H](C1CC1)C(C)(C)C. The van der Waals surface area contributed by atoms with E-state index in [-0.39, 0.29) is 16.7 Å². The van der Waals surface area contributed by atoms with E-state index in [0.29, 0.717) is 62.1 Å². The van der Waals surface area contributed by atoms with Crippen molar-refractivity contribution in [2.45, 2.75) is 401 Å². The van der Waals surface area contributed by atoms with Gasteiger partial charge in [-0.2, -0.15) is 39.5 Å². The number of methoxy groups -OCH3 is 1. The lowest BCUT2D eigenvalue weighted by Gasteiger charge is -2.49. The lowest BCUT2D eigenvalue weighted by atomic mass is 9.56. The van der Waals surface area contributed by atoms with Gasteiger partial charge >= 0.3 is 42.4 Å². The first-order valence-electron chi connectivity index (χ1n) is 40.1. The van der Waals surface area contributed by atoms with E-state index in [1.165, 1.54) is 80.1 Å². The van der Waals surface area contributed by atoms with Crippen LogP contribution in [0.2, 0.25) is 0 Å². The zero-order chi connectivity index (χ0) is 89.6. The summed E-state index contributed by atoms with van der Waals surface area (Å²) in [6, 6.07) is 0. The molecule has 18 heteroatoms. The van der Waals surface area contributed by atoms with Crippen LogP contribution in [0, 0.1) is 140 Å². The number of rotatable bonds is 9. The maximum atomic E-state index is 12.4. The Bertz CT molecular complexity index is 2380. The van der Waals surface area contributed by atoms with Gasteiger partial charge in [0.2, 0.25) is 0 Å². The van der Waals surface area contributed by atoms with Crippen molar-refractivity contribution >= 4 is 23.9 Å².